The smallest absolute Gasteiger partial charge is 0.0547 e. The molecule has 1 heterocycles. The fourth-order valence-electron chi connectivity index (χ4n) is 1.58. The number of pyridine rings is 1. The normalized spacial score (nSPS) is 10.7. The molecule has 0 fully saturated rings. The Hall–Kier alpha value is -1.41. The maximum atomic E-state index is 4.36. The van der Waals surface area contributed by atoms with Gasteiger partial charge in [-0.2, -0.15) is 0 Å². The van der Waals surface area contributed by atoms with E-state index in [1.807, 2.05) is 13.2 Å². The van der Waals surface area contributed by atoms with E-state index in [-0.39, 0.29) is 0 Å². The van der Waals surface area contributed by atoms with Crippen LogP contribution in [-0.2, 0) is 6.54 Å². The molecule has 0 spiro atoms. The Morgan fingerprint density at radius 3 is 2.86 bits per heavy atom. The van der Waals surface area contributed by atoms with Gasteiger partial charge in [0.15, 0.2) is 0 Å². The highest BCUT2D eigenvalue weighted by Crippen LogP contribution is 2.15. The van der Waals surface area contributed by atoms with Crippen LogP contribution in [0.3, 0.4) is 0 Å². The van der Waals surface area contributed by atoms with E-state index in [0.717, 1.165) is 12.2 Å². The zero-order valence-electron chi connectivity index (χ0n) is 8.54. The van der Waals surface area contributed by atoms with E-state index in [1.165, 1.54) is 16.3 Å². The molecule has 1 N–H and O–H groups in total. The molecule has 0 amide bonds. The number of aryl methyl sites for hydroxylation is 1. The Bertz CT molecular complexity index is 449. The van der Waals surface area contributed by atoms with Crippen LogP contribution in [0.25, 0.3) is 10.8 Å². The van der Waals surface area contributed by atoms with Gasteiger partial charge in [0.25, 0.3) is 0 Å². The van der Waals surface area contributed by atoms with Gasteiger partial charge in [-0.1, -0.05) is 23.8 Å². The SMILES string of the molecule is CNCc1cc2cc(C)ccc2cn1. The largest absolute Gasteiger partial charge is 0.314 e. The van der Waals surface area contributed by atoms with Gasteiger partial charge in [0, 0.05) is 18.1 Å². The minimum absolute atomic E-state index is 0.823. The molecule has 2 heteroatoms. The second kappa shape index (κ2) is 3.76. The van der Waals surface area contributed by atoms with Crippen LogP contribution in [0, 0.1) is 6.92 Å². The predicted octanol–water partition coefficient (Wildman–Crippen LogP) is 2.26. The average molecular weight is 186 g/mol. The number of aromatic nitrogens is 1. The van der Waals surface area contributed by atoms with Gasteiger partial charge >= 0.3 is 0 Å². The summed E-state index contributed by atoms with van der Waals surface area (Å²) in [6.07, 6.45) is 1.93. The summed E-state index contributed by atoms with van der Waals surface area (Å²) in [6, 6.07) is 8.55. The van der Waals surface area contributed by atoms with Crippen molar-refractivity contribution in [3.8, 4) is 0 Å². The van der Waals surface area contributed by atoms with Gasteiger partial charge in [0.2, 0.25) is 0 Å². The first kappa shape index (κ1) is 9.16. The molecule has 14 heavy (non-hydrogen) atoms. The van der Waals surface area contributed by atoms with Crippen LogP contribution >= 0.6 is 0 Å². The van der Waals surface area contributed by atoms with Gasteiger partial charge < -0.3 is 5.32 Å². The van der Waals surface area contributed by atoms with E-state index in [9.17, 15) is 0 Å². The molecule has 0 aliphatic carbocycles. The maximum Gasteiger partial charge on any atom is 0.0547 e. The molecule has 1 aromatic heterocycles. The van der Waals surface area contributed by atoms with Crippen molar-refractivity contribution in [3.63, 3.8) is 0 Å². The Morgan fingerprint density at radius 2 is 2.07 bits per heavy atom. The summed E-state index contributed by atoms with van der Waals surface area (Å²) in [6.45, 7) is 2.93. The Labute approximate surface area is 84.0 Å². The van der Waals surface area contributed by atoms with E-state index < -0.39 is 0 Å². The zero-order valence-corrected chi connectivity index (χ0v) is 8.54. The molecule has 0 atom stereocenters. The van der Waals surface area contributed by atoms with Crippen LogP contribution in [0.15, 0.2) is 30.5 Å². The topological polar surface area (TPSA) is 24.9 Å². The number of fused-ring (bicyclic) bond motifs is 1. The van der Waals surface area contributed by atoms with Gasteiger partial charge in [-0.15, -0.1) is 0 Å². The monoisotopic (exact) mass is 186 g/mol. The highest BCUT2D eigenvalue weighted by atomic mass is 14.8. The van der Waals surface area contributed by atoms with E-state index in [1.54, 1.807) is 0 Å². The lowest BCUT2D eigenvalue weighted by Crippen LogP contribution is -2.06. The highest BCUT2D eigenvalue weighted by Gasteiger charge is 1.97. The van der Waals surface area contributed by atoms with E-state index in [4.69, 9.17) is 0 Å². The molecule has 0 unspecified atom stereocenters. The Morgan fingerprint density at radius 1 is 1.21 bits per heavy atom. The number of nitrogens with one attached hydrogen (secondary N) is 1. The van der Waals surface area contributed by atoms with Crippen molar-refractivity contribution in [1.82, 2.24) is 10.3 Å². The van der Waals surface area contributed by atoms with Crippen LogP contribution in [0.4, 0.5) is 0 Å². The molecule has 0 bridgehead atoms. The summed E-state index contributed by atoms with van der Waals surface area (Å²) in [5.74, 6) is 0. The highest BCUT2D eigenvalue weighted by molar-refractivity contribution is 5.82. The molecule has 0 radical (unpaired) electrons. The second-order valence-corrected chi connectivity index (χ2v) is 3.56. The molecule has 72 valence electrons. The van der Waals surface area contributed by atoms with E-state index in [2.05, 4.69) is 41.5 Å². The number of hydrogen-bond donors (Lipinski definition) is 1. The number of hydrogen-bond acceptors (Lipinski definition) is 2. The van der Waals surface area contributed by atoms with E-state index in [0.29, 0.717) is 0 Å². The van der Waals surface area contributed by atoms with Crippen LogP contribution in [0.2, 0.25) is 0 Å². The lowest BCUT2D eigenvalue weighted by atomic mass is 10.1. The third-order valence-corrected chi connectivity index (χ3v) is 2.29. The van der Waals surface area contributed by atoms with Crippen LogP contribution in [-0.4, -0.2) is 12.0 Å². The molecule has 0 aliphatic rings. The number of benzene rings is 1. The summed E-state index contributed by atoms with van der Waals surface area (Å²) in [4.78, 5) is 4.36. The van der Waals surface area contributed by atoms with Crippen molar-refractivity contribution < 1.29 is 0 Å². The second-order valence-electron chi connectivity index (χ2n) is 3.56. The fraction of sp³-hybridized carbons (Fsp3) is 0.250. The van der Waals surface area contributed by atoms with Gasteiger partial charge in [-0.25, -0.2) is 0 Å². The first-order valence-electron chi connectivity index (χ1n) is 4.79. The minimum atomic E-state index is 0.823. The number of rotatable bonds is 2. The lowest BCUT2D eigenvalue weighted by molar-refractivity contribution is 0.793. The molecular weight excluding hydrogens is 172 g/mol. The molecule has 2 rings (SSSR count). The lowest BCUT2D eigenvalue weighted by Gasteiger charge is -2.02. The summed E-state index contributed by atoms with van der Waals surface area (Å²) >= 11 is 0. The van der Waals surface area contributed by atoms with Crippen molar-refractivity contribution >= 4 is 10.8 Å². The van der Waals surface area contributed by atoms with Crippen LogP contribution in [0.1, 0.15) is 11.3 Å². The van der Waals surface area contributed by atoms with Gasteiger partial charge in [-0.3, -0.25) is 4.98 Å². The first-order valence-corrected chi connectivity index (χ1v) is 4.79. The van der Waals surface area contributed by atoms with Crippen molar-refractivity contribution in [2.45, 2.75) is 13.5 Å². The number of nitrogens with zero attached hydrogens (tertiary/aromatic N) is 1. The van der Waals surface area contributed by atoms with Gasteiger partial charge in [0.1, 0.15) is 0 Å². The van der Waals surface area contributed by atoms with Gasteiger partial charge in [0.05, 0.1) is 5.69 Å². The first-order chi connectivity index (χ1) is 6.79. The molecular formula is C12H14N2. The minimum Gasteiger partial charge on any atom is -0.314 e. The average Bonchev–Trinajstić information content (AvgIpc) is 2.17. The van der Waals surface area contributed by atoms with Gasteiger partial charge in [-0.05, 0) is 25.4 Å². The summed E-state index contributed by atoms with van der Waals surface area (Å²) in [5, 5.41) is 5.57. The van der Waals surface area contributed by atoms with Crippen molar-refractivity contribution in [1.29, 1.82) is 0 Å². The molecule has 0 aliphatic heterocycles. The molecule has 1 aromatic carbocycles. The molecule has 2 aromatic rings. The Kier molecular flexibility index (Phi) is 2.46. The summed E-state index contributed by atoms with van der Waals surface area (Å²) in [5.41, 5.74) is 2.38. The van der Waals surface area contributed by atoms with Crippen molar-refractivity contribution in [2.75, 3.05) is 7.05 Å². The van der Waals surface area contributed by atoms with Crippen LogP contribution in [0.5, 0.6) is 0 Å². The summed E-state index contributed by atoms with van der Waals surface area (Å²) < 4.78 is 0. The predicted molar refractivity (Wildman–Crippen MR) is 59.2 cm³/mol. The fourth-order valence-corrected chi connectivity index (χ4v) is 1.58. The third kappa shape index (κ3) is 1.75. The quantitative estimate of drug-likeness (QED) is 0.778. The summed E-state index contributed by atoms with van der Waals surface area (Å²) in [7, 11) is 1.93. The molecule has 0 saturated heterocycles. The zero-order chi connectivity index (χ0) is 9.97. The standard InChI is InChI=1S/C12H14N2/c1-9-3-4-10-7-14-12(8-13-2)6-11(10)5-9/h3-7,13H,8H2,1-2H3. The van der Waals surface area contributed by atoms with Crippen molar-refractivity contribution in [2.24, 2.45) is 0 Å². The van der Waals surface area contributed by atoms with Crippen LogP contribution < -0.4 is 5.32 Å². The Balaban J connectivity index is 2.52. The van der Waals surface area contributed by atoms with Crippen molar-refractivity contribution in [3.05, 3.63) is 41.7 Å². The van der Waals surface area contributed by atoms with E-state index >= 15 is 0 Å². The molecule has 0 saturated carbocycles. The maximum absolute atomic E-state index is 4.36. The third-order valence-electron chi connectivity index (χ3n) is 2.29. The molecule has 2 nitrogen and oxygen atoms in total.